The topological polar surface area (TPSA) is 49.4 Å². The highest BCUT2D eigenvalue weighted by Crippen LogP contribution is 2.23. The van der Waals surface area contributed by atoms with Gasteiger partial charge < -0.3 is 10.2 Å². The number of thiophene rings is 1. The molecule has 2 aromatic rings. The molecule has 3 rings (SSSR count). The number of benzene rings is 1. The summed E-state index contributed by atoms with van der Waals surface area (Å²) >= 11 is 1.49. The molecule has 1 aromatic carbocycles. The Morgan fingerprint density at radius 2 is 2.00 bits per heavy atom. The number of amides is 2. The van der Waals surface area contributed by atoms with Gasteiger partial charge in [-0.2, -0.15) is 11.3 Å². The summed E-state index contributed by atoms with van der Waals surface area (Å²) in [5.74, 6) is 0.0521. The van der Waals surface area contributed by atoms with Gasteiger partial charge in [0.05, 0.1) is 5.56 Å². The summed E-state index contributed by atoms with van der Waals surface area (Å²) in [6, 6.07) is 9.17. The van der Waals surface area contributed by atoms with E-state index in [2.05, 4.69) is 5.32 Å². The average Bonchev–Trinajstić information content (AvgIpc) is 3.11. The molecule has 1 saturated heterocycles. The minimum Gasteiger partial charge on any atom is -0.322 e. The van der Waals surface area contributed by atoms with Gasteiger partial charge in [-0.05, 0) is 42.1 Å². The number of carbonyl (C=O) groups excluding carboxylic acids is 2. The molecule has 1 aromatic heterocycles. The summed E-state index contributed by atoms with van der Waals surface area (Å²) in [5.41, 5.74) is 2.28. The molecule has 5 heteroatoms. The molecule has 0 spiro atoms. The zero-order valence-electron chi connectivity index (χ0n) is 10.8. The Morgan fingerprint density at radius 3 is 2.60 bits per heavy atom. The van der Waals surface area contributed by atoms with E-state index in [0.29, 0.717) is 12.0 Å². The smallest absolute Gasteiger partial charge is 0.256 e. The second-order valence-corrected chi connectivity index (χ2v) is 5.44. The zero-order valence-corrected chi connectivity index (χ0v) is 11.7. The van der Waals surface area contributed by atoms with Crippen molar-refractivity contribution >= 4 is 34.5 Å². The fourth-order valence-electron chi connectivity index (χ4n) is 2.24. The molecule has 20 heavy (non-hydrogen) atoms. The molecule has 1 aliphatic rings. The lowest BCUT2D eigenvalue weighted by Crippen LogP contribution is -2.23. The highest BCUT2D eigenvalue weighted by Gasteiger charge is 2.21. The molecular formula is C15H14N2O2S. The Labute approximate surface area is 121 Å². The largest absolute Gasteiger partial charge is 0.322 e. The van der Waals surface area contributed by atoms with Gasteiger partial charge in [-0.25, -0.2) is 0 Å². The second kappa shape index (κ2) is 5.46. The van der Waals surface area contributed by atoms with E-state index < -0.39 is 0 Å². The third kappa shape index (κ3) is 2.58. The molecule has 2 amide bonds. The Bertz CT molecular complexity index is 620. The number of anilines is 2. The highest BCUT2D eigenvalue weighted by molar-refractivity contribution is 7.08. The number of rotatable bonds is 3. The van der Waals surface area contributed by atoms with E-state index in [1.54, 1.807) is 11.0 Å². The van der Waals surface area contributed by atoms with Crippen LogP contribution in [-0.2, 0) is 4.79 Å². The van der Waals surface area contributed by atoms with Crippen LogP contribution < -0.4 is 10.2 Å². The van der Waals surface area contributed by atoms with Gasteiger partial charge in [-0.3, -0.25) is 9.59 Å². The lowest BCUT2D eigenvalue weighted by Gasteiger charge is -2.16. The summed E-state index contributed by atoms with van der Waals surface area (Å²) in [6.45, 7) is 0.777. The van der Waals surface area contributed by atoms with Crippen molar-refractivity contribution in [1.29, 1.82) is 0 Å². The van der Waals surface area contributed by atoms with Crippen LogP contribution in [0.15, 0.2) is 41.1 Å². The fourth-order valence-corrected chi connectivity index (χ4v) is 2.88. The van der Waals surface area contributed by atoms with Gasteiger partial charge in [0.25, 0.3) is 5.91 Å². The van der Waals surface area contributed by atoms with Crippen LogP contribution in [0, 0.1) is 0 Å². The monoisotopic (exact) mass is 286 g/mol. The normalized spacial score (nSPS) is 14.6. The summed E-state index contributed by atoms with van der Waals surface area (Å²) < 4.78 is 0. The first kappa shape index (κ1) is 12.9. The van der Waals surface area contributed by atoms with Crippen molar-refractivity contribution in [3.8, 4) is 0 Å². The van der Waals surface area contributed by atoms with Crippen LogP contribution in [-0.4, -0.2) is 18.4 Å². The van der Waals surface area contributed by atoms with Crippen molar-refractivity contribution in [1.82, 2.24) is 0 Å². The van der Waals surface area contributed by atoms with Crippen molar-refractivity contribution in [2.24, 2.45) is 0 Å². The number of hydrogen-bond donors (Lipinski definition) is 1. The molecule has 1 N–H and O–H groups in total. The Balaban J connectivity index is 1.70. The summed E-state index contributed by atoms with van der Waals surface area (Å²) in [5, 5.41) is 6.52. The molecule has 1 fully saturated rings. The van der Waals surface area contributed by atoms with Gasteiger partial charge >= 0.3 is 0 Å². The molecule has 0 saturated carbocycles. The number of hydrogen-bond acceptors (Lipinski definition) is 3. The van der Waals surface area contributed by atoms with Crippen LogP contribution in [0.25, 0.3) is 0 Å². The predicted octanol–water partition coefficient (Wildman–Crippen LogP) is 3.13. The van der Waals surface area contributed by atoms with Crippen LogP contribution in [0.4, 0.5) is 11.4 Å². The van der Waals surface area contributed by atoms with Crippen LogP contribution in [0.3, 0.4) is 0 Å². The molecule has 0 atom stereocenters. The van der Waals surface area contributed by atoms with E-state index in [1.807, 2.05) is 35.0 Å². The lowest BCUT2D eigenvalue weighted by atomic mass is 10.2. The van der Waals surface area contributed by atoms with Gasteiger partial charge in [0.1, 0.15) is 0 Å². The van der Waals surface area contributed by atoms with Crippen LogP contribution in [0.1, 0.15) is 23.2 Å². The maximum Gasteiger partial charge on any atom is 0.256 e. The van der Waals surface area contributed by atoms with Crippen molar-refractivity contribution in [2.75, 3.05) is 16.8 Å². The van der Waals surface area contributed by atoms with Crippen molar-refractivity contribution in [3.63, 3.8) is 0 Å². The van der Waals surface area contributed by atoms with Crippen molar-refractivity contribution < 1.29 is 9.59 Å². The fraction of sp³-hybridized carbons (Fsp3) is 0.200. The number of nitrogens with zero attached hydrogens (tertiary/aromatic N) is 1. The summed E-state index contributed by atoms with van der Waals surface area (Å²) in [7, 11) is 0. The maximum atomic E-state index is 11.9. The number of nitrogens with one attached hydrogen (secondary N) is 1. The molecule has 0 aliphatic carbocycles. The Kier molecular flexibility index (Phi) is 3.52. The molecule has 4 nitrogen and oxygen atoms in total. The number of carbonyl (C=O) groups is 2. The zero-order chi connectivity index (χ0) is 13.9. The minimum absolute atomic E-state index is 0.115. The van der Waals surface area contributed by atoms with E-state index in [9.17, 15) is 9.59 Å². The molecule has 102 valence electrons. The molecule has 1 aliphatic heterocycles. The maximum absolute atomic E-state index is 11.9. The standard InChI is InChI=1S/C15H14N2O2S/c18-14-2-1-8-17(14)13-5-3-12(4-6-13)16-15(19)11-7-9-20-10-11/h3-7,9-10H,1-2,8H2,(H,16,19). The van der Waals surface area contributed by atoms with Crippen LogP contribution >= 0.6 is 11.3 Å². The molecule has 0 unspecified atom stereocenters. The Morgan fingerprint density at radius 1 is 1.20 bits per heavy atom. The van der Waals surface area contributed by atoms with E-state index >= 15 is 0 Å². The third-order valence-electron chi connectivity index (χ3n) is 3.29. The van der Waals surface area contributed by atoms with Gasteiger partial charge in [0, 0.05) is 29.7 Å². The van der Waals surface area contributed by atoms with Crippen LogP contribution in [0.2, 0.25) is 0 Å². The van der Waals surface area contributed by atoms with Gasteiger partial charge in [0.15, 0.2) is 0 Å². The molecule has 0 radical (unpaired) electrons. The first-order valence-electron chi connectivity index (χ1n) is 6.48. The van der Waals surface area contributed by atoms with Gasteiger partial charge in [-0.1, -0.05) is 0 Å². The van der Waals surface area contributed by atoms with Crippen molar-refractivity contribution in [2.45, 2.75) is 12.8 Å². The predicted molar refractivity (Wildman–Crippen MR) is 80.3 cm³/mol. The van der Waals surface area contributed by atoms with Crippen LogP contribution in [0.5, 0.6) is 0 Å². The quantitative estimate of drug-likeness (QED) is 0.942. The highest BCUT2D eigenvalue weighted by atomic mass is 32.1. The Hall–Kier alpha value is -2.14. The van der Waals surface area contributed by atoms with Crippen molar-refractivity contribution in [3.05, 3.63) is 46.7 Å². The minimum atomic E-state index is -0.115. The first-order chi connectivity index (χ1) is 9.74. The third-order valence-corrected chi connectivity index (χ3v) is 3.98. The average molecular weight is 286 g/mol. The van der Waals surface area contributed by atoms with Gasteiger partial charge in [-0.15, -0.1) is 0 Å². The van der Waals surface area contributed by atoms with E-state index in [-0.39, 0.29) is 11.8 Å². The van der Waals surface area contributed by atoms with E-state index in [0.717, 1.165) is 24.3 Å². The summed E-state index contributed by atoms with van der Waals surface area (Å²) in [4.78, 5) is 25.3. The molecule has 0 bridgehead atoms. The second-order valence-electron chi connectivity index (χ2n) is 4.66. The molecular weight excluding hydrogens is 272 g/mol. The van der Waals surface area contributed by atoms with E-state index in [1.165, 1.54) is 11.3 Å². The lowest BCUT2D eigenvalue weighted by molar-refractivity contribution is -0.117. The SMILES string of the molecule is O=C(Nc1ccc(N2CCCC2=O)cc1)c1ccsc1. The van der Waals surface area contributed by atoms with Gasteiger partial charge in [0.2, 0.25) is 5.91 Å². The molecule has 2 heterocycles. The summed E-state index contributed by atoms with van der Waals surface area (Å²) in [6.07, 6.45) is 1.53. The first-order valence-corrected chi connectivity index (χ1v) is 7.42. The van der Waals surface area contributed by atoms with E-state index in [4.69, 9.17) is 0 Å².